The van der Waals surface area contributed by atoms with Crippen molar-refractivity contribution >= 4 is 11.7 Å². The van der Waals surface area contributed by atoms with Crippen molar-refractivity contribution in [2.45, 2.75) is 0 Å². The van der Waals surface area contributed by atoms with E-state index in [1.165, 1.54) is 6.20 Å². The fraction of sp³-hybridized carbons (Fsp3) is 0.308. The predicted molar refractivity (Wildman–Crippen MR) is 75.0 cm³/mol. The molecule has 2 aromatic rings. The van der Waals surface area contributed by atoms with E-state index in [0.717, 1.165) is 37.7 Å². The van der Waals surface area contributed by atoms with Crippen LogP contribution in [0.5, 0.6) is 0 Å². The molecule has 1 amide bonds. The van der Waals surface area contributed by atoms with Crippen LogP contribution in [0.25, 0.3) is 5.69 Å². The maximum Gasteiger partial charge on any atom is 0.251 e. The van der Waals surface area contributed by atoms with Crippen LogP contribution in [-0.4, -0.2) is 46.9 Å². The van der Waals surface area contributed by atoms with Crippen molar-refractivity contribution in [2.75, 3.05) is 31.1 Å². The SMILES string of the molecule is NC(=O)c1cnn(-c2ccc(N3CCNCC3)nc2)c1. The highest BCUT2D eigenvalue weighted by molar-refractivity contribution is 5.92. The molecule has 1 fully saturated rings. The molecule has 2 aromatic heterocycles. The van der Waals surface area contributed by atoms with Crippen LogP contribution in [0.15, 0.2) is 30.7 Å². The quantitative estimate of drug-likeness (QED) is 0.806. The first-order chi connectivity index (χ1) is 9.74. The molecule has 7 heteroatoms. The van der Waals surface area contributed by atoms with Crippen LogP contribution in [0, 0.1) is 0 Å². The van der Waals surface area contributed by atoms with Crippen molar-refractivity contribution < 1.29 is 4.79 Å². The Bertz CT molecular complexity index is 600. The van der Waals surface area contributed by atoms with Crippen molar-refractivity contribution in [3.05, 3.63) is 36.3 Å². The number of anilines is 1. The number of hydrogen-bond donors (Lipinski definition) is 2. The third-order valence-electron chi connectivity index (χ3n) is 3.30. The van der Waals surface area contributed by atoms with Crippen molar-refractivity contribution in [2.24, 2.45) is 5.73 Å². The molecule has 0 aromatic carbocycles. The number of hydrogen-bond acceptors (Lipinski definition) is 5. The summed E-state index contributed by atoms with van der Waals surface area (Å²) in [6.07, 6.45) is 4.80. The van der Waals surface area contributed by atoms with Gasteiger partial charge in [0.15, 0.2) is 0 Å². The zero-order chi connectivity index (χ0) is 13.9. The fourth-order valence-electron chi connectivity index (χ4n) is 2.19. The minimum atomic E-state index is -0.485. The molecule has 0 bridgehead atoms. The summed E-state index contributed by atoms with van der Waals surface area (Å²) in [7, 11) is 0. The van der Waals surface area contributed by atoms with E-state index in [1.807, 2.05) is 12.1 Å². The number of aromatic nitrogens is 3. The van der Waals surface area contributed by atoms with Gasteiger partial charge in [0, 0.05) is 32.4 Å². The smallest absolute Gasteiger partial charge is 0.251 e. The van der Waals surface area contributed by atoms with Gasteiger partial charge in [0.1, 0.15) is 5.82 Å². The molecule has 0 atom stereocenters. The molecule has 0 aliphatic carbocycles. The molecular formula is C13H16N6O. The first-order valence-corrected chi connectivity index (χ1v) is 6.50. The number of carbonyl (C=O) groups excluding carboxylic acids is 1. The first-order valence-electron chi connectivity index (χ1n) is 6.50. The third kappa shape index (κ3) is 2.48. The Balaban J connectivity index is 1.79. The zero-order valence-electron chi connectivity index (χ0n) is 11.0. The van der Waals surface area contributed by atoms with Gasteiger partial charge in [-0.2, -0.15) is 5.10 Å². The van der Waals surface area contributed by atoms with Gasteiger partial charge in [-0.1, -0.05) is 0 Å². The maximum absolute atomic E-state index is 11.0. The van der Waals surface area contributed by atoms with Crippen LogP contribution < -0.4 is 16.0 Å². The summed E-state index contributed by atoms with van der Waals surface area (Å²) in [5.41, 5.74) is 6.39. The molecule has 3 heterocycles. The number of nitrogens with one attached hydrogen (secondary N) is 1. The molecule has 3 N–H and O–H groups in total. The molecule has 3 rings (SSSR count). The Morgan fingerprint density at radius 1 is 1.25 bits per heavy atom. The molecule has 0 saturated carbocycles. The fourth-order valence-corrected chi connectivity index (χ4v) is 2.19. The van der Waals surface area contributed by atoms with Crippen LogP contribution in [0.4, 0.5) is 5.82 Å². The van der Waals surface area contributed by atoms with Gasteiger partial charge in [-0.15, -0.1) is 0 Å². The Hall–Kier alpha value is -2.41. The molecule has 0 spiro atoms. The predicted octanol–water partition coefficient (Wildman–Crippen LogP) is -0.224. The van der Waals surface area contributed by atoms with Crippen LogP contribution in [0.1, 0.15) is 10.4 Å². The molecule has 0 radical (unpaired) electrons. The molecule has 1 aliphatic rings. The number of pyridine rings is 1. The average Bonchev–Trinajstić information content (AvgIpc) is 2.98. The van der Waals surface area contributed by atoms with E-state index < -0.39 is 5.91 Å². The van der Waals surface area contributed by atoms with Gasteiger partial charge in [0.2, 0.25) is 0 Å². The number of piperazine rings is 1. The zero-order valence-corrected chi connectivity index (χ0v) is 11.0. The first kappa shape index (κ1) is 12.6. The molecule has 1 saturated heterocycles. The molecule has 20 heavy (non-hydrogen) atoms. The van der Waals surface area contributed by atoms with Crippen molar-refractivity contribution in [3.8, 4) is 5.69 Å². The molecule has 7 nitrogen and oxygen atoms in total. The van der Waals surface area contributed by atoms with Gasteiger partial charge >= 0.3 is 0 Å². The Morgan fingerprint density at radius 3 is 2.65 bits per heavy atom. The van der Waals surface area contributed by atoms with E-state index in [9.17, 15) is 4.79 Å². The topological polar surface area (TPSA) is 89.1 Å². The summed E-state index contributed by atoms with van der Waals surface area (Å²) in [6, 6.07) is 3.90. The Kier molecular flexibility index (Phi) is 3.34. The van der Waals surface area contributed by atoms with Crippen LogP contribution in [0.2, 0.25) is 0 Å². The van der Waals surface area contributed by atoms with Crippen LogP contribution >= 0.6 is 0 Å². The van der Waals surface area contributed by atoms with Crippen molar-refractivity contribution in [1.82, 2.24) is 20.1 Å². The third-order valence-corrected chi connectivity index (χ3v) is 3.30. The van der Waals surface area contributed by atoms with E-state index in [1.54, 1.807) is 17.1 Å². The second-order valence-electron chi connectivity index (χ2n) is 4.65. The standard InChI is InChI=1S/C13H16N6O/c14-13(20)10-7-17-19(9-10)11-1-2-12(16-8-11)18-5-3-15-4-6-18/h1-2,7-9,15H,3-6H2,(H2,14,20). The number of nitrogens with two attached hydrogens (primary N) is 1. The summed E-state index contributed by atoms with van der Waals surface area (Å²) in [4.78, 5) is 17.7. The van der Waals surface area contributed by atoms with Crippen LogP contribution in [-0.2, 0) is 0 Å². The van der Waals surface area contributed by atoms with Gasteiger partial charge in [-0.05, 0) is 12.1 Å². The molecule has 1 aliphatic heterocycles. The van der Waals surface area contributed by atoms with E-state index in [-0.39, 0.29) is 0 Å². The summed E-state index contributed by atoms with van der Waals surface area (Å²) < 4.78 is 1.59. The number of primary amides is 1. The van der Waals surface area contributed by atoms with Crippen LogP contribution in [0.3, 0.4) is 0 Å². The lowest BCUT2D eigenvalue weighted by molar-refractivity contribution is 0.100. The summed E-state index contributed by atoms with van der Waals surface area (Å²) >= 11 is 0. The Labute approximate surface area is 116 Å². The number of amides is 1. The second kappa shape index (κ2) is 5.30. The summed E-state index contributed by atoms with van der Waals surface area (Å²) in [5.74, 6) is 0.471. The number of carbonyl (C=O) groups is 1. The maximum atomic E-state index is 11.0. The van der Waals surface area contributed by atoms with Gasteiger partial charge < -0.3 is 16.0 Å². The molecule has 0 unspecified atom stereocenters. The van der Waals surface area contributed by atoms with E-state index >= 15 is 0 Å². The van der Waals surface area contributed by atoms with Crippen molar-refractivity contribution in [1.29, 1.82) is 0 Å². The molecule has 104 valence electrons. The normalized spacial score (nSPS) is 15.3. The van der Waals surface area contributed by atoms with Gasteiger partial charge in [-0.25, -0.2) is 9.67 Å². The van der Waals surface area contributed by atoms with Gasteiger partial charge in [-0.3, -0.25) is 4.79 Å². The minimum Gasteiger partial charge on any atom is -0.366 e. The highest BCUT2D eigenvalue weighted by Crippen LogP contribution is 2.14. The van der Waals surface area contributed by atoms with E-state index in [2.05, 4.69) is 20.3 Å². The van der Waals surface area contributed by atoms with Gasteiger partial charge in [0.05, 0.1) is 23.6 Å². The summed E-state index contributed by atoms with van der Waals surface area (Å²) in [6.45, 7) is 3.87. The van der Waals surface area contributed by atoms with E-state index in [4.69, 9.17) is 5.73 Å². The molecular weight excluding hydrogens is 256 g/mol. The van der Waals surface area contributed by atoms with E-state index in [0.29, 0.717) is 5.56 Å². The lowest BCUT2D eigenvalue weighted by Gasteiger charge is -2.28. The second-order valence-corrected chi connectivity index (χ2v) is 4.65. The van der Waals surface area contributed by atoms with Gasteiger partial charge in [0.25, 0.3) is 5.91 Å². The lowest BCUT2D eigenvalue weighted by atomic mass is 10.3. The monoisotopic (exact) mass is 272 g/mol. The number of rotatable bonds is 3. The highest BCUT2D eigenvalue weighted by atomic mass is 16.1. The number of nitrogens with zero attached hydrogens (tertiary/aromatic N) is 4. The largest absolute Gasteiger partial charge is 0.366 e. The average molecular weight is 272 g/mol. The van der Waals surface area contributed by atoms with Crippen molar-refractivity contribution in [3.63, 3.8) is 0 Å². The lowest BCUT2D eigenvalue weighted by Crippen LogP contribution is -2.43. The minimum absolute atomic E-state index is 0.385. The Morgan fingerprint density at radius 2 is 2.05 bits per heavy atom. The summed E-state index contributed by atoms with van der Waals surface area (Å²) in [5, 5.41) is 7.41. The highest BCUT2D eigenvalue weighted by Gasteiger charge is 2.12.